The number of likely N-dealkylation sites (tertiary alicyclic amines) is 1. The highest BCUT2D eigenvalue weighted by Gasteiger charge is 2.51. The van der Waals surface area contributed by atoms with Crippen molar-refractivity contribution in [1.29, 1.82) is 0 Å². The number of aromatic hydroxyl groups is 1. The second kappa shape index (κ2) is 4.63. The van der Waals surface area contributed by atoms with Crippen LogP contribution in [0.2, 0.25) is 5.02 Å². The number of hydrogen-bond acceptors (Lipinski definition) is 4. The van der Waals surface area contributed by atoms with Crippen LogP contribution in [0.1, 0.15) is 16.8 Å². The van der Waals surface area contributed by atoms with Gasteiger partial charge in [-0.05, 0) is 24.6 Å². The maximum atomic E-state index is 12.4. The maximum absolute atomic E-state index is 12.4. The Bertz CT molecular complexity index is 663. The summed E-state index contributed by atoms with van der Waals surface area (Å²) in [6.45, 7) is 0.389. The van der Waals surface area contributed by atoms with Crippen molar-refractivity contribution in [3.8, 4) is 5.75 Å². The normalized spacial score (nSPS) is 24.3. The quantitative estimate of drug-likeness (QED) is 0.657. The molecule has 4 amide bonds. The first-order valence-corrected chi connectivity index (χ1v) is 6.70. The zero-order chi connectivity index (χ0) is 15.2. The fourth-order valence-electron chi connectivity index (χ4n) is 2.65. The molecular formula is C13H12ClN3O4. The number of phenolic OH excluding ortho intramolecular Hbond substituents is 1. The smallest absolute Gasteiger partial charge is 0.322 e. The van der Waals surface area contributed by atoms with E-state index in [4.69, 9.17) is 11.6 Å². The van der Waals surface area contributed by atoms with Crippen LogP contribution in [0.25, 0.3) is 0 Å². The molecule has 1 spiro atoms. The number of hydrogen-bond donors (Lipinski definition) is 3. The first-order valence-electron chi connectivity index (χ1n) is 6.33. The molecule has 3 N–H and O–H groups in total. The highest BCUT2D eigenvalue weighted by molar-refractivity contribution is 6.30. The van der Waals surface area contributed by atoms with Crippen LogP contribution >= 0.6 is 11.6 Å². The van der Waals surface area contributed by atoms with Crippen molar-refractivity contribution in [2.45, 2.75) is 12.0 Å². The number of urea groups is 1. The molecule has 3 rings (SSSR count). The van der Waals surface area contributed by atoms with Gasteiger partial charge >= 0.3 is 6.03 Å². The number of phenols is 1. The summed E-state index contributed by atoms with van der Waals surface area (Å²) in [5.41, 5.74) is -0.949. The minimum absolute atomic E-state index is 0.0749. The number of carbonyl (C=O) groups is 3. The SMILES string of the molecule is O=C1NC(=O)C2(CCN(C(=O)c3ccc(Cl)cc3O)C2)N1. The zero-order valence-corrected chi connectivity index (χ0v) is 11.6. The molecule has 2 saturated heterocycles. The molecule has 2 heterocycles. The Morgan fingerprint density at radius 1 is 1.38 bits per heavy atom. The van der Waals surface area contributed by atoms with Gasteiger partial charge in [0.25, 0.3) is 11.8 Å². The first-order chi connectivity index (χ1) is 9.91. The number of amides is 4. The number of carbonyl (C=O) groups excluding carboxylic acids is 3. The maximum Gasteiger partial charge on any atom is 0.322 e. The number of imide groups is 1. The fourth-order valence-corrected chi connectivity index (χ4v) is 2.82. The number of nitrogens with one attached hydrogen (secondary N) is 2. The predicted molar refractivity (Wildman–Crippen MR) is 73.0 cm³/mol. The minimum Gasteiger partial charge on any atom is -0.507 e. The van der Waals surface area contributed by atoms with Gasteiger partial charge < -0.3 is 15.3 Å². The number of benzene rings is 1. The third kappa shape index (κ3) is 2.19. The van der Waals surface area contributed by atoms with Crippen LogP contribution in [-0.4, -0.2) is 46.5 Å². The molecule has 2 aliphatic heterocycles. The zero-order valence-electron chi connectivity index (χ0n) is 10.9. The van der Waals surface area contributed by atoms with E-state index < -0.39 is 23.4 Å². The number of halogens is 1. The van der Waals surface area contributed by atoms with E-state index in [9.17, 15) is 19.5 Å². The van der Waals surface area contributed by atoms with E-state index in [0.29, 0.717) is 18.0 Å². The predicted octanol–water partition coefficient (Wildman–Crippen LogP) is 0.470. The molecule has 2 aliphatic rings. The molecule has 0 bridgehead atoms. The van der Waals surface area contributed by atoms with Crippen LogP contribution in [0.5, 0.6) is 5.75 Å². The summed E-state index contributed by atoms with van der Waals surface area (Å²) < 4.78 is 0. The molecule has 1 aromatic rings. The van der Waals surface area contributed by atoms with Crippen molar-refractivity contribution in [2.24, 2.45) is 0 Å². The molecule has 110 valence electrons. The summed E-state index contributed by atoms with van der Waals surface area (Å²) in [5.74, 6) is -1.05. The lowest BCUT2D eigenvalue weighted by Crippen LogP contribution is -2.49. The van der Waals surface area contributed by atoms with Gasteiger partial charge in [-0.1, -0.05) is 11.6 Å². The third-order valence-electron chi connectivity index (χ3n) is 3.76. The van der Waals surface area contributed by atoms with Crippen molar-refractivity contribution in [1.82, 2.24) is 15.5 Å². The van der Waals surface area contributed by atoms with E-state index in [1.54, 1.807) is 0 Å². The van der Waals surface area contributed by atoms with Crippen LogP contribution in [-0.2, 0) is 4.79 Å². The number of nitrogens with zero attached hydrogens (tertiary/aromatic N) is 1. The summed E-state index contributed by atoms with van der Waals surface area (Å²) in [5, 5.41) is 14.9. The standard InChI is InChI=1S/C13H12ClN3O4/c14-7-1-2-8(9(18)5-7)10(19)17-4-3-13(6-17)11(20)15-12(21)16-13/h1-2,5,18H,3-4,6H2,(H2,15,16,20,21). The van der Waals surface area contributed by atoms with E-state index in [0.717, 1.165) is 0 Å². The molecule has 0 saturated carbocycles. The van der Waals surface area contributed by atoms with Crippen LogP contribution in [0.15, 0.2) is 18.2 Å². The van der Waals surface area contributed by atoms with Gasteiger partial charge in [0, 0.05) is 11.6 Å². The Kier molecular flexibility index (Phi) is 3.02. The monoisotopic (exact) mass is 309 g/mol. The Morgan fingerprint density at radius 3 is 2.76 bits per heavy atom. The summed E-state index contributed by atoms with van der Waals surface area (Å²) >= 11 is 5.73. The molecule has 7 nitrogen and oxygen atoms in total. The fraction of sp³-hybridized carbons (Fsp3) is 0.308. The molecule has 2 fully saturated rings. The van der Waals surface area contributed by atoms with Gasteiger partial charge in [0.2, 0.25) is 0 Å². The van der Waals surface area contributed by atoms with Gasteiger partial charge in [-0.15, -0.1) is 0 Å². The van der Waals surface area contributed by atoms with E-state index in [2.05, 4.69) is 10.6 Å². The van der Waals surface area contributed by atoms with Crippen LogP contribution < -0.4 is 10.6 Å². The molecule has 1 unspecified atom stereocenters. The second-order valence-corrected chi connectivity index (χ2v) is 5.56. The summed E-state index contributed by atoms with van der Waals surface area (Å²) in [4.78, 5) is 36.9. The summed E-state index contributed by atoms with van der Waals surface area (Å²) in [6.07, 6.45) is 0.338. The van der Waals surface area contributed by atoms with Crippen LogP contribution in [0.3, 0.4) is 0 Å². The molecular weight excluding hydrogens is 298 g/mol. The average Bonchev–Trinajstić information content (AvgIpc) is 2.94. The highest BCUT2D eigenvalue weighted by Crippen LogP contribution is 2.29. The third-order valence-corrected chi connectivity index (χ3v) is 4.00. The molecule has 0 aromatic heterocycles. The van der Waals surface area contributed by atoms with Gasteiger partial charge in [-0.25, -0.2) is 4.79 Å². The van der Waals surface area contributed by atoms with Gasteiger partial charge in [-0.2, -0.15) is 0 Å². The van der Waals surface area contributed by atoms with Gasteiger partial charge in [0.15, 0.2) is 0 Å². The first kappa shape index (κ1) is 13.7. The molecule has 0 aliphatic carbocycles. The number of rotatable bonds is 1. The van der Waals surface area contributed by atoms with Crippen LogP contribution in [0.4, 0.5) is 4.79 Å². The van der Waals surface area contributed by atoms with Crippen molar-refractivity contribution in [3.63, 3.8) is 0 Å². The topological polar surface area (TPSA) is 98.7 Å². The molecule has 8 heteroatoms. The molecule has 0 radical (unpaired) electrons. The Balaban J connectivity index is 1.82. The second-order valence-electron chi connectivity index (χ2n) is 5.13. The summed E-state index contributed by atoms with van der Waals surface area (Å²) in [7, 11) is 0. The summed E-state index contributed by atoms with van der Waals surface area (Å²) in [6, 6.07) is 3.66. The van der Waals surface area contributed by atoms with E-state index in [1.807, 2.05) is 0 Å². The Morgan fingerprint density at radius 2 is 2.14 bits per heavy atom. The molecule has 1 atom stereocenters. The molecule has 1 aromatic carbocycles. The average molecular weight is 310 g/mol. The van der Waals surface area contributed by atoms with Crippen molar-refractivity contribution >= 4 is 29.4 Å². The lowest BCUT2D eigenvalue weighted by Gasteiger charge is -2.21. The highest BCUT2D eigenvalue weighted by atomic mass is 35.5. The van der Waals surface area contributed by atoms with Gasteiger partial charge in [0.05, 0.1) is 12.1 Å². The Hall–Kier alpha value is -2.28. The van der Waals surface area contributed by atoms with Crippen molar-refractivity contribution in [2.75, 3.05) is 13.1 Å². The lowest BCUT2D eigenvalue weighted by atomic mass is 9.99. The van der Waals surface area contributed by atoms with E-state index >= 15 is 0 Å². The largest absolute Gasteiger partial charge is 0.507 e. The molecule has 21 heavy (non-hydrogen) atoms. The van der Waals surface area contributed by atoms with Crippen molar-refractivity contribution in [3.05, 3.63) is 28.8 Å². The van der Waals surface area contributed by atoms with Gasteiger partial charge in [0.1, 0.15) is 11.3 Å². The van der Waals surface area contributed by atoms with Crippen LogP contribution in [0, 0.1) is 0 Å². The minimum atomic E-state index is -1.06. The van der Waals surface area contributed by atoms with E-state index in [1.165, 1.54) is 23.1 Å². The lowest BCUT2D eigenvalue weighted by molar-refractivity contribution is -0.123. The van der Waals surface area contributed by atoms with Crippen molar-refractivity contribution < 1.29 is 19.5 Å². The Labute approximate surface area is 124 Å². The van der Waals surface area contributed by atoms with Gasteiger partial charge in [-0.3, -0.25) is 14.9 Å². The van der Waals surface area contributed by atoms with E-state index in [-0.39, 0.29) is 17.9 Å².